The molecule has 4 aliphatic rings. The normalized spacial score (nSPS) is 37.1. The van der Waals surface area contributed by atoms with Gasteiger partial charge in [0.05, 0.1) is 0 Å². The molecule has 0 spiro atoms. The minimum atomic E-state index is 0.768. The number of hydrogen-bond acceptors (Lipinski definition) is 0. The van der Waals surface area contributed by atoms with E-state index >= 15 is 0 Å². The van der Waals surface area contributed by atoms with E-state index < -0.39 is 0 Å². The Balaban J connectivity index is 1.34. The topological polar surface area (TPSA) is 0 Å². The van der Waals surface area contributed by atoms with Crippen LogP contribution in [0.3, 0.4) is 0 Å². The van der Waals surface area contributed by atoms with E-state index in [1.54, 1.807) is 38.5 Å². The van der Waals surface area contributed by atoms with Crippen molar-refractivity contribution in [3.63, 3.8) is 0 Å². The van der Waals surface area contributed by atoms with Crippen molar-refractivity contribution < 1.29 is 0 Å². The SMILES string of the molecule is BrCc1ccc(CCCC23CC4CC(CC(C4)C2)C3)cc1. The van der Waals surface area contributed by atoms with Crippen LogP contribution in [0.15, 0.2) is 24.3 Å². The van der Waals surface area contributed by atoms with Gasteiger partial charge in [-0.25, -0.2) is 0 Å². The lowest BCUT2D eigenvalue weighted by atomic mass is 9.48. The first kappa shape index (κ1) is 14.3. The van der Waals surface area contributed by atoms with Gasteiger partial charge in [-0.05, 0) is 92.1 Å². The lowest BCUT2D eigenvalue weighted by Crippen LogP contribution is -2.45. The number of halogens is 1. The molecule has 21 heavy (non-hydrogen) atoms. The third kappa shape index (κ3) is 2.96. The molecule has 4 bridgehead atoms. The smallest absolute Gasteiger partial charge is 0.0283 e. The summed E-state index contributed by atoms with van der Waals surface area (Å²) in [6.45, 7) is 0. The van der Waals surface area contributed by atoms with E-state index in [2.05, 4.69) is 40.2 Å². The van der Waals surface area contributed by atoms with Crippen LogP contribution in [0.2, 0.25) is 0 Å². The molecule has 0 aliphatic heterocycles. The average molecular weight is 347 g/mol. The maximum absolute atomic E-state index is 3.52. The van der Waals surface area contributed by atoms with Gasteiger partial charge in [-0.2, -0.15) is 0 Å². The lowest BCUT2D eigenvalue weighted by molar-refractivity contribution is -0.0580. The van der Waals surface area contributed by atoms with E-state index in [1.165, 1.54) is 30.4 Å². The molecule has 4 aliphatic carbocycles. The van der Waals surface area contributed by atoms with E-state index in [0.717, 1.165) is 28.5 Å². The van der Waals surface area contributed by atoms with E-state index in [-0.39, 0.29) is 0 Å². The van der Waals surface area contributed by atoms with Gasteiger partial charge in [0.2, 0.25) is 0 Å². The molecule has 0 nitrogen and oxygen atoms in total. The van der Waals surface area contributed by atoms with Crippen molar-refractivity contribution in [1.29, 1.82) is 0 Å². The summed E-state index contributed by atoms with van der Waals surface area (Å²) in [5, 5.41) is 0.973. The molecule has 0 radical (unpaired) electrons. The van der Waals surface area contributed by atoms with Crippen molar-refractivity contribution in [3.05, 3.63) is 35.4 Å². The summed E-state index contributed by atoms with van der Waals surface area (Å²) in [5.41, 5.74) is 3.69. The van der Waals surface area contributed by atoms with Crippen LogP contribution < -0.4 is 0 Å². The second kappa shape index (κ2) is 5.72. The Morgan fingerprint density at radius 2 is 1.38 bits per heavy atom. The van der Waals surface area contributed by atoms with Crippen molar-refractivity contribution in [2.45, 2.75) is 63.1 Å². The number of benzene rings is 1. The Kier molecular flexibility index (Phi) is 3.90. The molecule has 1 aromatic rings. The summed E-state index contributed by atoms with van der Waals surface area (Å²) in [5.74, 6) is 3.32. The van der Waals surface area contributed by atoms with Crippen LogP contribution in [-0.4, -0.2) is 0 Å². The molecule has 0 atom stereocenters. The van der Waals surface area contributed by atoms with Crippen LogP contribution in [0.25, 0.3) is 0 Å². The first-order valence-electron chi connectivity index (χ1n) is 8.88. The lowest BCUT2D eigenvalue weighted by Gasteiger charge is -2.57. The van der Waals surface area contributed by atoms with E-state index in [0.29, 0.717) is 0 Å². The quantitative estimate of drug-likeness (QED) is 0.563. The van der Waals surface area contributed by atoms with E-state index in [9.17, 15) is 0 Å². The van der Waals surface area contributed by atoms with Gasteiger partial charge < -0.3 is 0 Å². The molecule has 1 aromatic carbocycles. The minimum Gasteiger partial charge on any atom is -0.0876 e. The number of alkyl halides is 1. The molecular formula is C20H27Br. The predicted molar refractivity (Wildman–Crippen MR) is 92.6 cm³/mol. The average Bonchev–Trinajstić information content (AvgIpc) is 2.46. The van der Waals surface area contributed by atoms with Crippen molar-refractivity contribution in [2.24, 2.45) is 23.2 Å². The van der Waals surface area contributed by atoms with Gasteiger partial charge in [0.25, 0.3) is 0 Å². The summed E-state index contributed by atoms with van der Waals surface area (Å²) < 4.78 is 0. The Labute approximate surface area is 137 Å². The zero-order valence-electron chi connectivity index (χ0n) is 13.0. The van der Waals surface area contributed by atoms with Gasteiger partial charge in [-0.15, -0.1) is 0 Å². The molecule has 0 saturated heterocycles. The first-order valence-corrected chi connectivity index (χ1v) is 10.0. The second-order valence-electron chi connectivity index (χ2n) is 8.22. The third-order valence-electron chi connectivity index (χ3n) is 6.51. The maximum Gasteiger partial charge on any atom is 0.0283 e. The van der Waals surface area contributed by atoms with Gasteiger partial charge in [-0.1, -0.05) is 40.2 Å². The molecule has 0 amide bonds. The molecule has 0 aromatic heterocycles. The molecule has 4 saturated carbocycles. The molecule has 4 fully saturated rings. The third-order valence-corrected chi connectivity index (χ3v) is 7.16. The summed E-state index contributed by atoms with van der Waals surface area (Å²) in [6.07, 6.45) is 13.6. The molecule has 0 heterocycles. The predicted octanol–water partition coefficient (Wildman–Crippen LogP) is 6.12. The van der Waals surface area contributed by atoms with Gasteiger partial charge in [0.15, 0.2) is 0 Å². The van der Waals surface area contributed by atoms with Gasteiger partial charge in [0.1, 0.15) is 0 Å². The Morgan fingerprint density at radius 3 is 1.90 bits per heavy atom. The standard InChI is InChI=1S/C20H27Br/c21-14-16-5-3-15(4-6-16)2-1-7-20-11-17-8-18(12-20)10-19(9-17)13-20/h3-6,17-19H,1-2,7-14H2. The van der Waals surface area contributed by atoms with Crippen molar-refractivity contribution in [2.75, 3.05) is 0 Å². The molecule has 114 valence electrons. The maximum atomic E-state index is 3.52. The molecule has 0 unspecified atom stereocenters. The summed E-state index contributed by atoms with van der Waals surface area (Å²) >= 11 is 3.52. The highest BCUT2D eigenvalue weighted by Crippen LogP contribution is 2.61. The monoisotopic (exact) mass is 346 g/mol. The van der Waals surface area contributed by atoms with Crippen LogP contribution in [0, 0.1) is 23.2 Å². The molecule has 1 heteroatoms. The largest absolute Gasteiger partial charge is 0.0876 e. The minimum absolute atomic E-state index is 0.768. The number of hydrogen-bond donors (Lipinski definition) is 0. The van der Waals surface area contributed by atoms with Gasteiger partial charge in [0, 0.05) is 5.33 Å². The summed E-state index contributed by atoms with van der Waals surface area (Å²) in [6, 6.07) is 9.20. The van der Waals surface area contributed by atoms with Crippen LogP contribution in [0.4, 0.5) is 0 Å². The van der Waals surface area contributed by atoms with Crippen LogP contribution >= 0.6 is 15.9 Å². The Morgan fingerprint density at radius 1 is 0.857 bits per heavy atom. The zero-order chi connectivity index (χ0) is 14.3. The Bertz CT molecular complexity index is 452. The zero-order valence-corrected chi connectivity index (χ0v) is 14.6. The highest BCUT2D eigenvalue weighted by molar-refractivity contribution is 9.08. The van der Waals surface area contributed by atoms with Crippen LogP contribution in [0.5, 0.6) is 0 Å². The summed E-state index contributed by atoms with van der Waals surface area (Å²) in [7, 11) is 0. The van der Waals surface area contributed by atoms with Gasteiger partial charge in [-0.3, -0.25) is 0 Å². The Hall–Kier alpha value is -0.300. The molecular weight excluding hydrogens is 320 g/mol. The van der Waals surface area contributed by atoms with Gasteiger partial charge >= 0.3 is 0 Å². The fourth-order valence-corrected chi connectivity index (χ4v) is 6.43. The van der Waals surface area contributed by atoms with E-state index in [1.807, 2.05) is 0 Å². The van der Waals surface area contributed by atoms with Crippen molar-refractivity contribution >= 4 is 15.9 Å². The molecule has 0 N–H and O–H groups in total. The highest BCUT2D eigenvalue weighted by atomic mass is 79.9. The highest BCUT2D eigenvalue weighted by Gasteiger charge is 2.50. The second-order valence-corrected chi connectivity index (χ2v) is 8.78. The first-order chi connectivity index (χ1) is 10.2. The van der Waals surface area contributed by atoms with Crippen LogP contribution in [0.1, 0.15) is 62.5 Å². The summed E-state index contributed by atoms with van der Waals surface area (Å²) in [4.78, 5) is 0. The van der Waals surface area contributed by atoms with Crippen molar-refractivity contribution in [1.82, 2.24) is 0 Å². The van der Waals surface area contributed by atoms with E-state index in [4.69, 9.17) is 0 Å². The fraction of sp³-hybridized carbons (Fsp3) is 0.700. The number of aryl methyl sites for hydroxylation is 1. The van der Waals surface area contributed by atoms with Crippen LogP contribution in [-0.2, 0) is 11.8 Å². The fourth-order valence-electron chi connectivity index (χ4n) is 6.06. The van der Waals surface area contributed by atoms with Crippen molar-refractivity contribution in [3.8, 4) is 0 Å². The molecule has 5 rings (SSSR count). The number of rotatable bonds is 5.